The van der Waals surface area contributed by atoms with E-state index in [0.717, 1.165) is 30.6 Å². The predicted octanol–water partition coefficient (Wildman–Crippen LogP) is 5.41. The Bertz CT molecular complexity index is 744. The number of ether oxygens (including phenoxy) is 1. The molecule has 5 heteroatoms. The van der Waals surface area contributed by atoms with Crippen molar-refractivity contribution >= 4 is 56.2 Å². The highest BCUT2D eigenvalue weighted by molar-refractivity contribution is 14.1. The minimum Gasteiger partial charge on any atom is -0.493 e. The Labute approximate surface area is 158 Å². The smallest absolute Gasteiger partial charge is 0.248 e. The van der Waals surface area contributed by atoms with Crippen LogP contribution in [0.5, 0.6) is 5.75 Å². The fraction of sp³-hybridized carbons (Fsp3) is 0.167. The van der Waals surface area contributed by atoms with E-state index in [0.29, 0.717) is 6.61 Å². The van der Waals surface area contributed by atoms with Crippen LogP contribution < -0.4 is 10.1 Å². The number of benzene rings is 2. The number of aryl methyl sites for hydroxylation is 1. The van der Waals surface area contributed by atoms with E-state index in [2.05, 4.69) is 43.8 Å². The Morgan fingerprint density at radius 3 is 2.78 bits per heavy atom. The maximum Gasteiger partial charge on any atom is 0.248 e. The third-order valence-electron chi connectivity index (χ3n) is 3.13. The van der Waals surface area contributed by atoms with Gasteiger partial charge in [0.15, 0.2) is 0 Å². The number of nitrogens with one attached hydrogen (secondary N) is 1. The Kier molecular flexibility index (Phi) is 6.65. The maximum atomic E-state index is 12.1. The van der Waals surface area contributed by atoms with Crippen molar-refractivity contribution in [3.8, 4) is 5.75 Å². The maximum absolute atomic E-state index is 12.1. The highest BCUT2D eigenvalue weighted by Crippen LogP contribution is 2.24. The van der Waals surface area contributed by atoms with Crippen molar-refractivity contribution in [2.75, 3.05) is 11.9 Å². The standard InChI is InChI=1S/C18H17BrINO2/c1-3-23-17-8-5-14(19)11-13(17)4-9-18(22)21-16-7-6-15(20)10-12(16)2/h4-11H,3H2,1-2H3,(H,21,22)/b9-4+. The van der Waals surface area contributed by atoms with Crippen LogP contribution in [0.25, 0.3) is 6.08 Å². The lowest BCUT2D eigenvalue weighted by Crippen LogP contribution is -2.09. The molecule has 0 bridgehead atoms. The number of hydrogen-bond acceptors (Lipinski definition) is 2. The number of carbonyl (C=O) groups is 1. The van der Waals surface area contributed by atoms with Crippen LogP contribution in [0.2, 0.25) is 0 Å². The van der Waals surface area contributed by atoms with Crippen LogP contribution in [-0.4, -0.2) is 12.5 Å². The van der Waals surface area contributed by atoms with Crippen molar-refractivity contribution in [2.45, 2.75) is 13.8 Å². The van der Waals surface area contributed by atoms with Crippen LogP contribution in [0.4, 0.5) is 5.69 Å². The molecular formula is C18H17BrINO2. The Morgan fingerprint density at radius 1 is 1.30 bits per heavy atom. The molecule has 0 aliphatic heterocycles. The van der Waals surface area contributed by atoms with Gasteiger partial charge in [-0.2, -0.15) is 0 Å². The lowest BCUT2D eigenvalue weighted by molar-refractivity contribution is -0.111. The SMILES string of the molecule is CCOc1ccc(Br)cc1/C=C/C(=O)Nc1ccc(I)cc1C. The molecule has 0 saturated carbocycles. The number of anilines is 1. The van der Waals surface area contributed by atoms with Crippen molar-refractivity contribution in [2.24, 2.45) is 0 Å². The van der Waals surface area contributed by atoms with Crippen LogP contribution >= 0.6 is 38.5 Å². The lowest BCUT2D eigenvalue weighted by Gasteiger charge is -2.08. The fourth-order valence-corrected chi connectivity index (χ4v) is 3.07. The van der Waals surface area contributed by atoms with Gasteiger partial charge in [0.25, 0.3) is 0 Å². The molecule has 0 aliphatic carbocycles. The van der Waals surface area contributed by atoms with E-state index in [9.17, 15) is 4.79 Å². The fourth-order valence-electron chi connectivity index (χ4n) is 2.04. The van der Waals surface area contributed by atoms with Gasteiger partial charge in [-0.3, -0.25) is 4.79 Å². The molecule has 0 saturated heterocycles. The molecule has 1 amide bonds. The predicted molar refractivity (Wildman–Crippen MR) is 107 cm³/mol. The molecule has 0 atom stereocenters. The molecule has 0 fully saturated rings. The third kappa shape index (κ3) is 5.35. The number of carbonyl (C=O) groups excluding carboxylic acids is 1. The number of hydrogen-bond donors (Lipinski definition) is 1. The largest absolute Gasteiger partial charge is 0.493 e. The van der Waals surface area contributed by atoms with E-state index >= 15 is 0 Å². The second kappa shape index (κ2) is 8.49. The number of rotatable bonds is 5. The topological polar surface area (TPSA) is 38.3 Å². The molecule has 23 heavy (non-hydrogen) atoms. The van der Waals surface area contributed by atoms with E-state index < -0.39 is 0 Å². The molecule has 0 unspecified atom stereocenters. The summed E-state index contributed by atoms with van der Waals surface area (Å²) >= 11 is 5.68. The zero-order valence-corrected chi connectivity index (χ0v) is 16.6. The van der Waals surface area contributed by atoms with Crippen LogP contribution in [0, 0.1) is 10.5 Å². The molecule has 3 nitrogen and oxygen atoms in total. The van der Waals surface area contributed by atoms with E-state index in [1.165, 1.54) is 6.08 Å². The Hall–Kier alpha value is -1.34. The highest BCUT2D eigenvalue weighted by atomic mass is 127. The molecule has 120 valence electrons. The quantitative estimate of drug-likeness (QED) is 0.454. The van der Waals surface area contributed by atoms with Gasteiger partial charge in [0.1, 0.15) is 5.75 Å². The first-order chi connectivity index (χ1) is 11.0. The summed E-state index contributed by atoms with van der Waals surface area (Å²) in [5.74, 6) is 0.585. The molecule has 0 aromatic heterocycles. The van der Waals surface area contributed by atoms with E-state index in [-0.39, 0.29) is 5.91 Å². The van der Waals surface area contributed by atoms with Crippen molar-refractivity contribution in [3.05, 3.63) is 61.6 Å². The van der Waals surface area contributed by atoms with Crippen molar-refractivity contribution in [3.63, 3.8) is 0 Å². The minimum atomic E-state index is -0.170. The third-order valence-corrected chi connectivity index (χ3v) is 4.30. The van der Waals surface area contributed by atoms with Gasteiger partial charge in [0, 0.05) is 25.4 Å². The molecule has 2 aromatic rings. The van der Waals surface area contributed by atoms with Crippen LogP contribution in [-0.2, 0) is 4.79 Å². The summed E-state index contributed by atoms with van der Waals surface area (Å²) in [6.45, 7) is 4.49. The zero-order valence-electron chi connectivity index (χ0n) is 12.9. The summed E-state index contributed by atoms with van der Waals surface area (Å²) in [6, 6.07) is 11.6. The highest BCUT2D eigenvalue weighted by Gasteiger charge is 2.04. The Morgan fingerprint density at radius 2 is 2.09 bits per heavy atom. The summed E-state index contributed by atoms with van der Waals surface area (Å²) in [7, 11) is 0. The normalized spacial score (nSPS) is 10.8. The van der Waals surface area contributed by atoms with Crippen LogP contribution in [0.15, 0.2) is 46.9 Å². The van der Waals surface area contributed by atoms with Crippen molar-refractivity contribution < 1.29 is 9.53 Å². The minimum absolute atomic E-state index is 0.170. The molecule has 0 radical (unpaired) electrons. The Balaban J connectivity index is 2.13. The molecule has 2 aromatic carbocycles. The second-order valence-corrected chi connectivity index (χ2v) is 7.06. The summed E-state index contributed by atoms with van der Waals surface area (Å²) in [5.41, 5.74) is 2.71. The zero-order chi connectivity index (χ0) is 16.8. The first-order valence-corrected chi connectivity index (χ1v) is 9.04. The first-order valence-electron chi connectivity index (χ1n) is 7.17. The van der Waals surface area contributed by atoms with Gasteiger partial charge in [0.2, 0.25) is 5.91 Å². The molecule has 2 rings (SSSR count). The van der Waals surface area contributed by atoms with Gasteiger partial charge in [-0.25, -0.2) is 0 Å². The molecule has 0 aliphatic rings. The van der Waals surface area contributed by atoms with Crippen molar-refractivity contribution in [1.82, 2.24) is 0 Å². The summed E-state index contributed by atoms with van der Waals surface area (Å²) in [4.78, 5) is 12.1. The summed E-state index contributed by atoms with van der Waals surface area (Å²) in [5, 5.41) is 2.89. The lowest BCUT2D eigenvalue weighted by atomic mass is 10.1. The second-order valence-electron chi connectivity index (χ2n) is 4.90. The van der Waals surface area contributed by atoms with Gasteiger partial charge >= 0.3 is 0 Å². The summed E-state index contributed by atoms with van der Waals surface area (Å²) in [6.07, 6.45) is 3.27. The van der Waals surface area contributed by atoms with Gasteiger partial charge in [-0.05, 0) is 84.5 Å². The number of halogens is 2. The summed E-state index contributed by atoms with van der Waals surface area (Å²) < 4.78 is 7.65. The van der Waals surface area contributed by atoms with Gasteiger partial charge in [0.05, 0.1) is 6.61 Å². The monoisotopic (exact) mass is 485 g/mol. The van der Waals surface area contributed by atoms with Gasteiger partial charge in [-0.15, -0.1) is 0 Å². The van der Waals surface area contributed by atoms with Crippen LogP contribution in [0.1, 0.15) is 18.1 Å². The first kappa shape index (κ1) is 18.0. The van der Waals surface area contributed by atoms with Gasteiger partial charge < -0.3 is 10.1 Å². The average molecular weight is 486 g/mol. The molecular weight excluding hydrogens is 469 g/mol. The average Bonchev–Trinajstić information content (AvgIpc) is 2.50. The molecule has 0 spiro atoms. The van der Waals surface area contributed by atoms with E-state index in [4.69, 9.17) is 4.74 Å². The number of amides is 1. The van der Waals surface area contributed by atoms with E-state index in [1.54, 1.807) is 6.08 Å². The van der Waals surface area contributed by atoms with Crippen LogP contribution in [0.3, 0.4) is 0 Å². The van der Waals surface area contributed by atoms with Crippen molar-refractivity contribution in [1.29, 1.82) is 0 Å². The van der Waals surface area contributed by atoms with E-state index in [1.807, 2.05) is 50.2 Å². The van der Waals surface area contributed by atoms with Gasteiger partial charge in [-0.1, -0.05) is 15.9 Å². The molecule has 0 heterocycles. The molecule has 1 N–H and O–H groups in total.